The van der Waals surface area contributed by atoms with Gasteiger partial charge in [0.25, 0.3) is 0 Å². The van der Waals surface area contributed by atoms with Crippen LogP contribution < -0.4 is 9.47 Å². The van der Waals surface area contributed by atoms with Crippen LogP contribution in [-0.4, -0.2) is 43.6 Å². The lowest BCUT2D eigenvalue weighted by molar-refractivity contribution is 0.387. The lowest BCUT2D eigenvalue weighted by atomic mass is 10.1. The van der Waals surface area contributed by atoms with Gasteiger partial charge in [-0.2, -0.15) is 0 Å². The second kappa shape index (κ2) is 6.47. The molecule has 0 aliphatic heterocycles. The fourth-order valence-electron chi connectivity index (χ4n) is 2.77. The summed E-state index contributed by atoms with van der Waals surface area (Å²) in [5.74, 6) is 1.94. The molecule has 0 unspecified atom stereocenters. The monoisotopic (exact) mass is 350 g/mol. The number of hydrogen-bond acceptors (Lipinski definition) is 6. The molecule has 0 radical (unpaired) electrons. The Hall–Kier alpha value is -3.42. The first-order chi connectivity index (χ1) is 12.7. The van der Waals surface area contributed by atoms with Gasteiger partial charge in [0.05, 0.1) is 31.9 Å². The number of fused-ring (bicyclic) bond motifs is 1. The smallest absolute Gasteiger partial charge is 0.233 e. The summed E-state index contributed by atoms with van der Waals surface area (Å²) < 4.78 is 14.1. The summed E-state index contributed by atoms with van der Waals surface area (Å²) >= 11 is 0. The quantitative estimate of drug-likeness (QED) is 0.549. The van der Waals surface area contributed by atoms with Crippen molar-refractivity contribution >= 4 is 5.65 Å². The van der Waals surface area contributed by atoms with Gasteiger partial charge in [-0.1, -0.05) is 6.07 Å². The molecular formula is C18H18N6O2. The molecule has 0 atom stereocenters. The zero-order valence-corrected chi connectivity index (χ0v) is 14.7. The van der Waals surface area contributed by atoms with Crippen LogP contribution in [0.1, 0.15) is 17.1 Å². The SMILES string of the molecule is COc1ccc2nc(Cc3ccc(-n4cnc(C)c4)c(OC)c3)nn2n1. The van der Waals surface area contributed by atoms with Crippen LogP contribution in [0.3, 0.4) is 0 Å². The predicted octanol–water partition coefficient (Wildman–Crippen LogP) is 2.23. The van der Waals surface area contributed by atoms with E-state index in [2.05, 4.69) is 20.2 Å². The summed E-state index contributed by atoms with van der Waals surface area (Å²) in [6.45, 7) is 1.95. The zero-order valence-electron chi connectivity index (χ0n) is 14.7. The maximum Gasteiger partial charge on any atom is 0.233 e. The van der Waals surface area contributed by atoms with Gasteiger partial charge in [-0.05, 0) is 30.7 Å². The number of ether oxygens (including phenoxy) is 2. The molecule has 3 heterocycles. The molecule has 0 N–H and O–H groups in total. The van der Waals surface area contributed by atoms with Crippen LogP contribution in [0.2, 0.25) is 0 Å². The molecule has 0 fully saturated rings. The van der Waals surface area contributed by atoms with Gasteiger partial charge in [0.1, 0.15) is 5.75 Å². The van der Waals surface area contributed by atoms with Crippen LogP contribution >= 0.6 is 0 Å². The summed E-state index contributed by atoms with van der Waals surface area (Å²) in [4.78, 5) is 8.77. The third kappa shape index (κ3) is 2.97. The average molecular weight is 350 g/mol. The van der Waals surface area contributed by atoms with Crippen molar-refractivity contribution < 1.29 is 9.47 Å². The summed E-state index contributed by atoms with van der Waals surface area (Å²) in [5.41, 5.74) is 3.61. The molecule has 0 saturated heterocycles. The maximum atomic E-state index is 5.55. The van der Waals surface area contributed by atoms with Crippen LogP contribution in [0, 0.1) is 6.92 Å². The van der Waals surface area contributed by atoms with Gasteiger partial charge in [0, 0.05) is 18.7 Å². The molecule has 4 aromatic rings. The van der Waals surface area contributed by atoms with E-state index in [9.17, 15) is 0 Å². The zero-order chi connectivity index (χ0) is 18.1. The molecule has 0 amide bonds. The van der Waals surface area contributed by atoms with E-state index in [0.717, 1.165) is 22.7 Å². The molecule has 0 bridgehead atoms. The second-order valence-electron chi connectivity index (χ2n) is 5.86. The Balaban J connectivity index is 1.64. The minimum Gasteiger partial charge on any atom is -0.495 e. The molecule has 132 valence electrons. The van der Waals surface area contributed by atoms with Crippen molar-refractivity contribution in [2.45, 2.75) is 13.3 Å². The lowest BCUT2D eigenvalue weighted by Gasteiger charge is -2.10. The molecule has 26 heavy (non-hydrogen) atoms. The van der Waals surface area contributed by atoms with Crippen LogP contribution in [0.25, 0.3) is 11.3 Å². The largest absolute Gasteiger partial charge is 0.495 e. The molecule has 8 heteroatoms. The van der Waals surface area contributed by atoms with Crippen molar-refractivity contribution in [3.8, 4) is 17.3 Å². The number of aryl methyl sites for hydroxylation is 1. The summed E-state index contributed by atoms with van der Waals surface area (Å²) in [5, 5.41) is 8.65. The molecule has 4 rings (SSSR count). The number of rotatable bonds is 5. The molecule has 1 aromatic carbocycles. The van der Waals surface area contributed by atoms with E-state index in [-0.39, 0.29) is 0 Å². The minimum atomic E-state index is 0.496. The number of aromatic nitrogens is 6. The summed E-state index contributed by atoms with van der Waals surface area (Å²) in [6, 6.07) is 9.62. The lowest BCUT2D eigenvalue weighted by Crippen LogP contribution is -1.99. The van der Waals surface area contributed by atoms with Gasteiger partial charge >= 0.3 is 0 Å². The molecular weight excluding hydrogens is 332 g/mol. The number of benzene rings is 1. The summed E-state index contributed by atoms with van der Waals surface area (Å²) in [6.07, 6.45) is 4.31. The fourth-order valence-corrected chi connectivity index (χ4v) is 2.77. The second-order valence-corrected chi connectivity index (χ2v) is 5.86. The number of hydrogen-bond donors (Lipinski definition) is 0. The van der Waals surface area contributed by atoms with Crippen molar-refractivity contribution in [2.75, 3.05) is 14.2 Å². The van der Waals surface area contributed by atoms with Crippen LogP contribution in [0.5, 0.6) is 11.6 Å². The van der Waals surface area contributed by atoms with Gasteiger partial charge in [0.2, 0.25) is 5.88 Å². The third-order valence-electron chi connectivity index (χ3n) is 4.03. The summed E-state index contributed by atoms with van der Waals surface area (Å²) in [7, 11) is 3.23. The first-order valence-corrected chi connectivity index (χ1v) is 8.11. The van der Waals surface area contributed by atoms with E-state index in [1.165, 1.54) is 4.63 Å². The van der Waals surface area contributed by atoms with E-state index >= 15 is 0 Å². The van der Waals surface area contributed by atoms with Crippen LogP contribution in [0.15, 0.2) is 42.9 Å². The molecule has 0 saturated carbocycles. The van der Waals surface area contributed by atoms with E-state index in [0.29, 0.717) is 23.8 Å². The predicted molar refractivity (Wildman–Crippen MR) is 95.0 cm³/mol. The van der Waals surface area contributed by atoms with Crippen molar-refractivity contribution in [1.82, 2.24) is 29.4 Å². The standard InChI is InChI=1S/C18H18N6O2/c1-12-10-23(11-19-12)14-5-4-13(8-15(14)25-2)9-16-20-17-6-7-18(26-3)22-24(17)21-16/h4-8,10-11H,9H2,1-3H3. The Morgan fingerprint density at radius 1 is 1.04 bits per heavy atom. The number of imidazole rings is 1. The molecule has 8 nitrogen and oxygen atoms in total. The third-order valence-corrected chi connectivity index (χ3v) is 4.03. The number of methoxy groups -OCH3 is 2. The molecule has 0 aliphatic rings. The average Bonchev–Trinajstić information content (AvgIpc) is 3.26. The van der Waals surface area contributed by atoms with Gasteiger partial charge in [-0.25, -0.2) is 9.97 Å². The van der Waals surface area contributed by atoms with Gasteiger partial charge in [-0.3, -0.25) is 0 Å². The molecule has 0 aliphatic carbocycles. The Kier molecular flexibility index (Phi) is 4.00. The highest BCUT2D eigenvalue weighted by Gasteiger charge is 2.11. The fraction of sp³-hybridized carbons (Fsp3) is 0.222. The highest BCUT2D eigenvalue weighted by molar-refractivity contribution is 5.49. The first kappa shape index (κ1) is 16.1. The van der Waals surface area contributed by atoms with Gasteiger partial charge in [-0.15, -0.1) is 14.8 Å². The van der Waals surface area contributed by atoms with E-state index in [4.69, 9.17) is 9.47 Å². The Morgan fingerprint density at radius 2 is 1.92 bits per heavy atom. The highest BCUT2D eigenvalue weighted by atomic mass is 16.5. The van der Waals surface area contributed by atoms with Gasteiger partial charge < -0.3 is 14.0 Å². The minimum absolute atomic E-state index is 0.496. The van der Waals surface area contributed by atoms with Crippen LogP contribution in [-0.2, 0) is 6.42 Å². The number of nitrogens with zero attached hydrogens (tertiary/aromatic N) is 6. The van der Waals surface area contributed by atoms with E-state index in [1.54, 1.807) is 26.6 Å². The first-order valence-electron chi connectivity index (χ1n) is 8.11. The molecule has 0 spiro atoms. The Bertz CT molecular complexity index is 1070. The van der Waals surface area contributed by atoms with Crippen molar-refractivity contribution in [1.29, 1.82) is 0 Å². The topological polar surface area (TPSA) is 79.4 Å². The normalized spacial score (nSPS) is 11.0. The maximum absolute atomic E-state index is 5.55. The van der Waals surface area contributed by atoms with Crippen molar-refractivity contribution in [2.24, 2.45) is 0 Å². The Labute approximate surface area is 150 Å². The highest BCUT2D eigenvalue weighted by Crippen LogP contribution is 2.25. The van der Waals surface area contributed by atoms with E-state index in [1.807, 2.05) is 42.0 Å². The molecule has 3 aromatic heterocycles. The van der Waals surface area contributed by atoms with Crippen molar-refractivity contribution in [3.63, 3.8) is 0 Å². The van der Waals surface area contributed by atoms with Gasteiger partial charge in [0.15, 0.2) is 11.5 Å². The Morgan fingerprint density at radius 3 is 2.65 bits per heavy atom. The van der Waals surface area contributed by atoms with E-state index < -0.39 is 0 Å². The van der Waals surface area contributed by atoms with Crippen LogP contribution in [0.4, 0.5) is 0 Å². The van der Waals surface area contributed by atoms with Crippen molar-refractivity contribution in [3.05, 3.63) is 59.9 Å².